The number of sulfonamides is 1. The van der Waals surface area contributed by atoms with E-state index in [1.165, 1.54) is 4.31 Å². The van der Waals surface area contributed by atoms with Crippen molar-refractivity contribution in [2.24, 2.45) is 0 Å². The maximum Gasteiger partial charge on any atom is 0.251 e. The third-order valence-electron chi connectivity index (χ3n) is 4.86. The minimum Gasteiger partial charge on any atom is -0.348 e. The first-order valence-corrected chi connectivity index (χ1v) is 11.4. The number of benzene rings is 2. The molecule has 7 nitrogen and oxygen atoms in total. The molecule has 0 heterocycles. The molecule has 0 aliphatic heterocycles. The molecule has 0 radical (unpaired) electrons. The molecule has 0 aliphatic rings. The molecule has 0 fully saturated rings. The van der Waals surface area contributed by atoms with Crippen molar-refractivity contribution < 1.29 is 18.0 Å². The topological polar surface area (TPSA) is 95.6 Å². The fourth-order valence-electron chi connectivity index (χ4n) is 3.00. The molecule has 0 aromatic heterocycles. The van der Waals surface area contributed by atoms with E-state index in [2.05, 4.69) is 10.6 Å². The quantitative estimate of drug-likeness (QED) is 0.638. The summed E-state index contributed by atoms with van der Waals surface area (Å²) >= 11 is 0. The molecule has 0 aliphatic carbocycles. The van der Waals surface area contributed by atoms with Crippen LogP contribution < -0.4 is 10.6 Å². The first-order chi connectivity index (χ1) is 14.2. The van der Waals surface area contributed by atoms with Crippen molar-refractivity contribution in [3.8, 4) is 0 Å². The van der Waals surface area contributed by atoms with Crippen molar-refractivity contribution in [2.75, 3.05) is 13.1 Å². The van der Waals surface area contributed by atoms with Gasteiger partial charge in [0, 0.05) is 18.7 Å². The molecular weight excluding hydrogens is 402 g/mol. The molecule has 0 saturated heterocycles. The summed E-state index contributed by atoms with van der Waals surface area (Å²) < 4.78 is 26.5. The van der Waals surface area contributed by atoms with E-state index in [0.29, 0.717) is 18.7 Å². The number of nitrogens with zero attached hydrogens (tertiary/aromatic N) is 1. The summed E-state index contributed by atoms with van der Waals surface area (Å²) in [4.78, 5) is 24.9. The van der Waals surface area contributed by atoms with E-state index in [1.807, 2.05) is 6.07 Å². The Morgan fingerprint density at radius 1 is 0.900 bits per heavy atom. The Bertz CT molecular complexity index is 956. The molecule has 1 unspecified atom stereocenters. The molecule has 8 heteroatoms. The van der Waals surface area contributed by atoms with Crippen molar-refractivity contribution >= 4 is 21.8 Å². The predicted molar refractivity (Wildman–Crippen MR) is 116 cm³/mol. The predicted octanol–water partition coefficient (Wildman–Crippen LogP) is 2.71. The minimum atomic E-state index is -3.52. The Balaban J connectivity index is 2.00. The van der Waals surface area contributed by atoms with E-state index in [1.54, 1.807) is 76.2 Å². The summed E-state index contributed by atoms with van der Waals surface area (Å²) in [7, 11) is -3.52. The lowest BCUT2D eigenvalue weighted by molar-refractivity contribution is -0.123. The van der Waals surface area contributed by atoms with Gasteiger partial charge in [0.05, 0.1) is 10.9 Å². The second-order valence-electron chi connectivity index (χ2n) is 6.95. The molecule has 0 bridgehead atoms. The van der Waals surface area contributed by atoms with Gasteiger partial charge in [-0.3, -0.25) is 9.59 Å². The van der Waals surface area contributed by atoms with Crippen LogP contribution in [-0.2, 0) is 14.8 Å². The lowest BCUT2D eigenvalue weighted by Crippen LogP contribution is -2.45. The van der Waals surface area contributed by atoms with Crippen LogP contribution in [0, 0.1) is 0 Å². The van der Waals surface area contributed by atoms with Crippen LogP contribution in [0.3, 0.4) is 0 Å². The van der Waals surface area contributed by atoms with Gasteiger partial charge in [-0.1, -0.05) is 44.2 Å². The van der Waals surface area contributed by atoms with Gasteiger partial charge in [0.1, 0.15) is 6.04 Å². The Labute approximate surface area is 178 Å². The number of hydrogen-bond acceptors (Lipinski definition) is 4. The van der Waals surface area contributed by atoms with Crippen molar-refractivity contribution in [1.82, 2.24) is 14.9 Å². The third kappa shape index (κ3) is 5.67. The molecular formula is C22H29N3O4S. The fraction of sp³-hybridized carbons (Fsp3) is 0.364. The maximum atomic E-state index is 12.6. The van der Waals surface area contributed by atoms with Gasteiger partial charge in [-0.15, -0.1) is 0 Å². The van der Waals surface area contributed by atoms with Crippen molar-refractivity contribution in [3.05, 3.63) is 65.7 Å². The molecule has 2 aromatic carbocycles. The number of nitrogens with one attached hydrogen (secondary N) is 2. The van der Waals surface area contributed by atoms with Crippen molar-refractivity contribution in [2.45, 2.75) is 44.7 Å². The van der Waals surface area contributed by atoms with E-state index in [4.69, 9.17) is 0 Å². The van der Waals surface area contributed by atoms with Crippen LogP contribution >= 0.6 is 0 Å². The zero-order valence-electron chi connectivity index (χ0n) is 17.8. The summed E-state index contributed by atoms with van der Waals surface area (Å²) in [6, 6.07) is 14.1. The lowest BCUT2D eigenvalue weighted by Gasteiger charge is -2.20. The average molecular weight is 432 g/mol. The maximum absolute atomic E-state index is 12.6. The Kier molecular flexibility index (Phi) is 8.14. The second-order valence-corrected chi connectivity index (χ2v) is 8.89. The first kappa shape index (κ1) is 23.6. The van der Waals surface area contributed by atoms with Crippen LogP contribution in [0.1, 0.15) is 49.7 Å². The zero-order valence-corrected chi connectivity index (χ0v) is 18.6. The Morgan fingerprint density at radius 3 is 2.00 bits per heavy atom. The normalized spacial score (nSPS) is 13.5. The fourth-order valence-corrected chi connectivity index (χ4v) is 4.46. The summed E-state index contributed by atoms with van der Waals surface area (Å²) in [6.07, 6.45) is 0. The van der Waals surface area contributed by atoms with Crippen LogP contribution in [-0.4, -0.2) is 43.7 Å². The average Bonchev–Trinajstić information content (AvgIpc) is 2.75. The van der Waals surface area contributed by atoms with Gasteiger partial charge < -0.3 is 10.6 Å². The highest BCUT2D eigenvalue weighted by molar-refractivity contribution is 7.89. The van der Waals surface area contributed by atoms with Crippen LogP contribution in [0.4, 0.5) is 0 Å². The Morgan fingerprint density at radius 2 is 1.47 bits per heavy atom. The number of amides is 2. The number of carbonyl (C=O) groups is 2. The van der Waals surface area contributed by atoms with Crippen molar-refractivity contribution in [1.29, 1.82) is 0 Å². The summed E-state index contributed by atoms with van der Waals surface area (Å²) in [5, 5.41) is 5.51. The molecule has 2 atom stereocenters. The van der Waals surface area contributed by atoms with Crippen molar-refractivity contribution in [3.63, 3.8) is 0 Å². The SMILES string of the molecule is CCN(CC)S(=O)(=O)c1ccc(C(C)NC(=O)[C@H](C)NC(=O)c2ccccc2)cc1. The van der Waals surface area contributed by atoms with Gasteiger partial charge in [0.15, 0.2) is 0 Å². The molecule has 0 saturated carbocycles. The van der Waals surface area contributed by atoms with Gasteiger partial charge in [-0.05, 0) is 43.7 Å². The van der Waals surface area contributed by atoms with E-state index >= 15 is 0 Å². The molecule has 2 aromatic rings. The largest absolute Gasteiger partial charge is 0.348 e. The van der Waals surface area contributed by atoms with Gasteiger partial charge in [0.25, 0.3) is 5.91 Å². The monoisotopic (exact) mass is 431 g/mol. The Hall–Kier alpha value is -2.71. The van der Waals surface area contributed by atoms with Gasteiger partial charge in [-0.2, -0.15) is 4.31 Å². The van der Waals surface area contributed by atoms with Gasteiger partial charge in [0.2, 0.25) is 15.9 Å². The minimum absolute atomic E-state index is 0.219. The van der Waals surface area contributed by atoms with E-state index in [9.17, 15) is 18.0 Å². The van der Waals surface area contributed by atoms with Crippen LogP contribution in [0.15, 0.2) is 59.5 Å². The smallest absolute Gasteiger partial charge is 0.251 e. The van der Waals surface area contributed by atoms with Crippen LogP contribution in [0.25, 0.3) is 0 Å². The number of hydrogen-bond donors (Lipinski definition) is 2. The second kappa shape index (κ2) is 10.4. The first-order valence-electron chi connectivity index (χ1n) is 9.97. The molecule has 2 amide bonds. The van der Waals surface area contributed by atoms with Crippen LogP contribution in [0.2, 0.25) is 0 Å². The van der Waals surface area contributed by atoms with Crippen LogP contribution in [0.5, 0.6) is 0 Å². The van der Waals surface area contributed by atoms with E-state index in [0.717, 1.165) is 5.56 Å². The standard InChI is InChI=1S/C22H29N3O4S/c1-5-25(6-2)30(28,29)20-14-12-18(13-15-20)16(3)23-21(26)17(4)24-22(27)19-10-8-7-9-11-19/h7-17H,5-6H2,1-4H3,(H,23,26)(H,24,27)/t16?,17-/m0/s1. The highest BCUT2D eigenvalue weighted by Gasteiger charge is 2.22. The lowest BCUT2D eigenvalue weighted by atomic mass is 10.1. The third-order valence-corrected chi connectivity index (χ3v) is 6.92. The summed E-state index contributed by atoms with van der Waals surface area (Å²) in [5.41, 5.74) is 1.25. The van der Waals surface area contributed by atoms with E-state index in [-0.39, 0.29) is 22.8 Å². The summed E-state index contributed by atoms with van der Waals surface area (Å²) in [6.45, 7) is 7.81. The number of rotatable bonds is 9. The molecule has 30 heavy (non-hydrogen) atoms. The van der Waals surface area contributed by atoms with Gasteiger partial charge >= 0.3 is 0 Å². The highest BCUT2D eigenvalue weighted by Crippen LogP contribution is 2.19. The molecule has 0 spiro atoms. The summed E-state index contributed by atoms with van der Waals surface area (Å²) in [5.74, 6) is -0.650. The number of carbonyl (C=O) groups excluding carboxylic acids is 2. The van der Waals surface area contributed by atoms with Gasteiger partial charge in [-0.25, -0.2) is 8.42 Å². The highest BCUT2D eigenvalue weighted by atomic mass is 32.2. The molecule has 162 valence electrons. The molecule has 2 rings (SSSR count). The zero-order chi connectivity index (χ0) is 22.3. The van der Waals surface area contributed by atoms with E-state index < -0.39 is 16.1 Å². The molecule has 2 N–H and O–H groups in total.